The predicted octanol–water partition coefficient (Wildman–Crippen LogP) is 3.32. The van der Waals surface area contributed by atoms with Gasteiger partial charge in [0.2, 0.25) is 0 Å². The van der Waals surface area contributed by atoms with Crippen LogP contribution in [0.4, 0.5) is 0 Å². The van der Waals surface area contributed by atoms with E-state index in [0.29, 0.717) is 6.04 Å². The molecule has 0 aliphatic heterocycles. The topological polar surface area (TPSA) is 42.4 Å². The van der Waals surface area contributed by atoms with Gasteiger partial charge in [0, 0.05) is 12.6 Å². The second-order valence-corrected chi connectivity index (χ2v) is 6.06. The first kappa shape index (κ1) is 14.6. The Balaban J connectivity index is 1.85. The van der Waals surface area contributed by atoms with Gasteiger partial charge in [-0.15, -0.1) is 0 Å². The molecule has 1 aliphatic rings. The molecule has 2 rings (SSSR count). The van der Waals surface area contributed by atoms with Crippen LogP contribution in [-0.2, 0) is 6.54 Å². The van der Waals surface area contributed by atoms with Crippen molar-refractivity contribution < 1.29 is 4.42 Å². The maximum Gasteiger partial charge on any atom is 0.118 e. The van der Waals surface area contributed by atoms with E-state index >= 15 is 0 Å². The van der Waals surface area contributed by atoms with Crippen LogP contribution < -0.4 is 5.73 Å². The minimum atomic E-state index is 0.480. The van der Waals surface area contributed by atoms with Crippen molar-refractivity contribution in [3.8, 4) is 0 Å². The summed E-state index contributed by atoms with van der Waals surface area (Å²) in [6, 6.07) is 4.58. The van der Waals surface area contributed by atoms with Gasteiger partial charge in [-0.05, 0) is 38.4 Å². The molecule has 0 saturated heterocycles. The second kappa shape index (κ2) is 7.11. The summed E-state index contributed by atoms with van der Waals surface area (Å²) < 4.78 is 5.66. The summed E-state index contributed by atoms with van der Waals surface area (Å²) in [5.74, 6) is 2.91. The Labute approximate surface area is 117 Å². The fourth-order valence-corrected chi connectivity index (χ4v) is 3.21. The Morgan fingerprint density at radius 1 is 1.32 bits per heavy atom. The molecule has 1 aromatic rings. The SMILES string of the molecule is Cc1ccc(CN(C)C(CN)CC2CCCCC2)o1. The van der Waals surface area contributed by atoms with Crippen molar-refractivity contribution in [1.29, 1.82) is 0 Å². The lowest BCUT2D eigenvalue weighted by atomic mass is 9.84. The first-order valence-electron chi connectivity index (χ1n) is 7.64. The van der Waals surface area contributed by atoms with Crippen LogP contribution >= 0.6 is 0 Å². The molecule has 0 aromatic carbocycles. The van der Waals surface area contributed by atoms with Gasteiger partial charge in [0.1, 0.15) is 11.5 Å². The molecule has 108 valence electrons. The van der Waals surface area contributed by atoms with Crippen molar-refractivity contribution in [1.82, 2.24) is 4.90 Å². The Morgan fingerprint density at radius 3 is 2.63 bits per heavy atom. The maximum atomic E-state index is 5.98. The van der Waals surface area contributed by atoms with Gasteiger partial charge in [-0.3, -0.25) is 4.90 Å². The molecular weight excluding hydrogens is 236 g/mol. The molecule has 1 atom stereocenters. The molecule has 1 aliphatic carbocycles. The zero-order valence-corrected chi connectivity index (χ0v) is 12.4. The van der Waals surface area contributed by atoms with E-state index in [1.165, 1.54) is 38.5 Å². The van der Waals surface area contributed by atoms with Crippen LogP contribution in [0.15, 0.2) is 16.5 Å². The summed E-state index contributed by atoms with van der Waals surface area (Å²) in [4.78, 5) is 2.35. The highest BCUT2D eigenvalue weighted by Crippen LogP contribution is 2.28. The van der Waals surface area contributed by atoms with Gasteiger partial charge in [-0.1, -0.05) is 32.1 Å². The quantitative estimate of drug-likeness (QED) is 0.857. The number of aryl methyl sites for hydroxylation is 1. The lowest BCUT2D eigenvalue weighted by molar-refractivity contribution is 0.174. The highest BCUT2D eigenvalue weighted by Gasteiger charge is 2.21. The molecule has 1 fully saturated rings. The fourth-order valence-electron chi connectivity index (χ4n) is 3.21. The van der Waals surface area contributed by atoms with Gasteiger partial charge >= 0.3 is 0 Å². The lowest BCUT2D eigenvalue weighted by Crippen LogP contribution is -2.39. The van der Waals surface area contributed by atoms with Crippen molar-refractivity contribution in [3.63, 3.8) is 0 Å². The van der Waals surface area contributed by atoms with Crippen LogP contribution in [0.5, 0.6) is 0 Å². The number of likely N-dealkylation sites (N-methyl/N-ethyl adjacent to an activating group) is 1. The van der Waals surface area contributed by atoms with E-state index in [1.54, 1.807) is 0 Å². The van der Waals surface area contributed by atoms with E-state index in [9.17, 15) is 0 Å². The number of hydrogen-bond acceptors (Lipinski definition) is 3. The molecule has 3 heteroatoms. The molecule has 0 bridgehead atoms. The van der Waals surface area contributed by atoms with Crippen LogP contribution in [0, 0.1) is 12.8 Å². The third-order valence-electron chi connectivity index (χ3n) is 4.43. The van der Waals surface area contributed by atoms with Crippen LogP contribution in [-0.4, -0.2) is 24.5 Å². The summed E-state index contributed by atoms with van der Waals surface area (Å²) in [7, 11) is 2.16. The largest absolute Gasteiger partial charge is 0.465 e. The minimum absolute atomic E-state index is 0.480. The van der Waals surface area contributed by atoms with Crippen LogP contribution in [0.2, 0.25) is 0 Å². The van der Waals surface area contributed by atoms with E-state index < -0.39 is 0 Å². The summed E-state index contributed by atoms with van der Waals surface area (Å²) >= 11 is 0. The standard InChI is InChI=1S/C16H28N2O/c1-13-8-9-16(19-13)12-18(2)15(11-17)10-14-6-4-3-5-7-14/h8-9,14-15H,3-7,10-12,17H2,1-2H3. The van der Waals surface area contributed by atoms with Gasteiger partial charge in [-0.2, -0.15) is 0 Å². The number of hydrogen-bond donors (Lipinski definition) is 1. The first-order valence-corrected chi connectivity index (χ1v) is 7.64. The Bertz CT molecular complexity index is 369. The number of nitrogens with two attached hydrogens (primary N) is 1. The van der Waals surface area contributed by atoms with E-state index in [2.05, 4.69) is 18.0 Å². The first-order chi connectivity index (χ1) is 9.19. The van der Waals surface area contributed by atoms with Gasteiger partial charge in [0.25, 0.3) is 0 Å². The van der Waals surface area contributed by atoms with Crippen molar-refractivity contribution >= 4 is 0 Å². The molecule has 19 heavy (non-hydrogen) atoms. The zero-order chi connectivity index (χ0) is 13.7. The van der Waals surface area contributed by atoms with Crippen molar-refractivity contribution in [3.05, 3.63) is 23.7 Å². The second-order valence-electron chi connectivity index (χ2n) is 6.06. The van der Waals surface area contributed by atoms with Gasteiger partial charge in [-0.25, -0.2) is 0 Å². The monoisotopic (exact) mass is 264 g/mol. The zero-order valence-electron chi connectivity index (χ0n) is 12.4. The van der Waals surface area contributed by atoms with Crippen molar-refractivity contribution in [2.45, 2.75) is 58.0 Å². The van der Waals surface area contributed by atoms with Crippen molar-refractivity contribution in [2.75, 3.05) is 13.6 Å². The minimum Gasteiger partial charge on any atom is -0.465 e. The summed E-state index contributed by atoms with van der Waals surface area (Å²) in [5, 5.41) is 0. The molecular formula is C16H28N2O. The van der Waals surface area contributed by atoms with E-state index in [0.717, 1.165) is 30.5 Å². The molecule has 0 amide bonds. The molecule has 0 spiro atoms. The molecule has 1 saturated carbocycles. The molecule has 2 N–H and O–H groups in total. The highest BCUT2D eigenvalue weighted by atomic mass is 16.3. The number of rotatable bonds is 6. The van der Waals surface area contributed by atoms with E-state index in [-0.39, 0.29) is 0 Å². The summed E-state index contributed by atoms with van der Waals surface area (Å²) in [6.45, 7) is 3.60. The van der Waals surface area contributed by atoms with Gasteiger partial charge in [0.15, 0.2) is 0 Å². The van der Waals surface area contributed by atoms with Crippen molar-refractivity contribution in [2.24, 2.45) is 11.7 Å². The number of furan rings is 1. The summed E-state index contributed by atoms with van der Waals surface area (Å²) in [6.07, 6.45) is 8.26. The average Bonchev–Trinajstić information content (AvgIpc) is 2.82. The van der Waals surface area contributed by atoms with E-state index in [4.69, 9.17) is 10.2 Å². The molecule has 1 heterocycles. The molecule has 1 unspecified atom stereocenters. The summed E-state index contributed by atoms with van der Waals surface area (Å²) in [5.41, 5.74) is 5.98. The maximum absolute atomic E-state index is 5.98. The van der Waals surface area contributed by atoms with Crippen LogP contribution in [0.1, 0.15) is 50.0 Å². The molecule has 1 aromatic heterocycles. The lowest BCUT2D eigenvalue weighted by Gasteiger charge is -2.31. The smallest absolute Gasteiger partial charge is 0.118 e. The molecule has 0 radical (unpaired) electrons. The molecule has 3 nitrogen and oxygen atoms in total. The van der Waals surface area contributed by atoms with Crippen LogP contribution in [0.25, 0.3) is 0 Å². The highest BCUT2D eigenvalue weighted by molar-refractivity contribution is 5.05. The normalized spacial score (nSPS) is 18.9. The Kier molecular flexibility index (Phi) is 5.46. The fraction of sp³-hybridized carbons (Fsp3) is 0.750. The predicted molar refractivity (Wildman–Crippen MR) is 78.9 cm³/mol. The Hall–Kier alpha value is -0.800. The Morgan fingerprint density at radius 2 is 2.05 bits per heavy atom. The third-order valence-corrected chi connectivity index (χ3v) is 4.43. The number of nitrogens with zero attached hydrogens (tertiary/aromatic N) is 1. The van der Waals surface area contributed by atoms with Crippen LogP contribution in [0.3, 0.4) is 0 Å². The van der Waals surface area contributed by atoms with E-state index in [1.807, 2.05) is 13.0 Å². The third kappa shape index (κ3) is 4.36. The average molecular weight is 264 g/mol. The van der Waals surface area contributed by atoms with Gasteiger partial charge < -0.3 is 10.2 Å². The van der Waals surface area contributed by atoms with Gasteiger partial charge in [0.05, 0.1) is 6.54 Å².